The molecule has 162 valence electrons. The lowest BCUT2D eigenvalue weighted by atomic mass is 10.1. The standard InChI is InChI=1S/C21H19ClF3N5O/c1-11(2)10-26-21(28-20(31)12-3-4-16(24)17(25)7-12)27-19-9-18(29-30-19)13-5-14(22)8-15(23)6-13/h3-9,11H,10H2,1-2H3,(H3,26,27,28,29,30,31). The van der Waals surface area contributed by atoms with Crippen molar-refractivity contribution in [2.45, 2.75) is 13.8 Å². The second-order valence-corrected chi connectivity index (χ2v) is 7.55. The largest absolute Gasteiger partial charge is 0.309 e. The Bertz CT molecular complexity index is 1110. The van der Waals surface area contributed by atoms with E-state index >= 15 is 0 Å². The Morgan fingerprint density at radius 1 is 1.13 bits per heavy atom. The SMILES string of the molecule is CC(C)CN=C(NC(=O)c1ccc(F)c(F)c1)Nc1cc(-c2cc(F)cc(Cl)c2)[nH]n1. The molecule has 31 heavy (non-hydrogen) atoms. The zero-order valence-electron chi connectivity index (χ0n) is 16.6. The number of aromatic nitrogens is 2. The van der Waals surface area contributed by atoms with E-state index in [9.17, 15) is 18.0 Å². The molecule has 3 N–H and O–H groups in total. The van der Waals surface area contributed by atoms with Gasteiger partial charge in [0.05, 0.1) is 5.69 Å². The summed E-state index contributed by atoms with van der Waals surface area (Å²) in [5.41, 5.74) is 0.895. The van der Waals surface area contributed by atoms with Crippen LogP contribution in [0.4, 0.5) is 19.0 Å². The van der Waals surface area contributed by atoms with Gasteiger partial charge in [0.25, 0.3) is 5.91 Å². The second-order valence-electron chi connectivity index (χ2n) is 7.12. The molecule has 0 aliphatic carbocycles. The average molecular weight is 450 g/mol. The Kier molecular flexibility index (Phi) is 6.96. The molecular formula is C21H19ClF3N5O. The van der Waals surface area contributed by atoms with Gasteiger partial charge in [-0.15, -0.1) is 0 Å². The maximum absolute atomic E-state index is 13.6. The van der Waals surface area contributed by atoms with Gasteiger partial charge >= 0.3 is 0 Å². The number of aromatic amines is 1. The van der Waals surface area contributed by atoms with Gasteiger partial charge in [0.2, 0.25) is 5.96 Å². The summed E-state index contributed by atoms with van der Waals surface area (Å²) in [5.74, 6) is -2.80. The number of rotatable bonds is 5. The van der Waals surface area contributed by atoms with Crippen molar-refractivity contribution in [3.05, 3.63) is 70.5 Å². The zero-order valence-corrected chi connectivity index (χ0v) is 17.4. The number of anilines is 1. The summed E-state index contributed by atoms with van der Waals surface area (Å²) in [4.78, 5) is 16.8. The number of nitrogens with zero attached hydrogens (tertiary/aromatic N) is 2. The van der Waals surface area contributed by atoms with Crippen LogP contribution in [0.15, 0.2) is 47.5 Å². The number of nitrogens with one attached hydrogen (secondary N) is 3. The smallest absolute Gasteiger partial charge is 0.258 e. The molecule has 0 fully saturated rings. The average Bonchev–Trinajstić information content (AvgIpc) is 3.16. The first-order chi connectivity index (χ1) is 14.7. The molecular weight excluding hydrogens is 431 g/mol. The van der Waals surface area contributed by atoms with Gasteiger partial charge in [-0.25, -0.2) is 13.2 Å². The van der Waals surface area contributed by atoms with Crippen LogP contribution < -0.4 is 10.6 Å². The lowest BCUT2D eigenvalue weighted by molar-refractivity contribution is 0.0976. The molecule has 0 spiro atoms. The normalized spacial score (nSPS) is 11.6. The zero-order chi connectivity index (χ0) is 22.5. The Hall–Kier alpha value is -3.33. The summed E-state index contributed by atoms with van der Waals surface area (Å²) in [6.07, 6.45) is 0. The van der Waals surface area contributed by atoms with Gasteiger partial charge in [-0.05, 0) is 42.3 Å². The van der Waals surface area contributed by atoms with Gasteiger partial charge in [0, 0.05) is 28.8 Å². The Morgan fingerprint density at radius 3 is 2.58 bits per heavy atom. The fourth-order valence-corrected chi connectivity index (χ4v) is 2.79. The van der Waals surface area contributed by atoms with Crippen molar-refractivity contribution in [1.29, 1.82) is 0 Å². The summed E-state index contributed by atoms with van der Waals surface area (Å²) in [5, 5.41) is 12.5. The molecule has 0 saturated heterocycles. The molecule has 0 aliphatic rings. The minimum absolute atomic E-state index is 0.0683. The van der Waals surface area contributed by atoms with Crippen LogP contribution in [-0.4, -0.2) is 28.6 Å². The first kappa shape index (κ1) is 22.4. The van der Waals surface area contributed by atoms with Crippen molar-refractivity contribution >= 4 is 29.3 Å². The number of carbonyl (C=O) groups excluding carboxylic acids is 1. The molecule has 1 heterocycles. The number of amides is 1. The van der Waals surface area contributed by atoms with Crippen molar-refractivity contribution in [2.75, 3.05) is 11.9 Å². The Morgan fingerprint density at radius 2 is 1.90 bits per heavy atom. The highest BCUT2D eigenvalue weighted by atomic mass is 35.5. The van der Waals surface area contributed by atoms with E-state index in [-0.39, 0.29) is 22.5 Å². The van der Waals surface area contributed by atoms with E-state index in [0.717, 1.165) is 18.2 Å². The van der Waals surface area contributed by atoms with Crippen LogP contribution in [0.3, 0.4) is 0 Å². The molecule has 0 saturated carbocycles. The van der Waals surface area contributed by atoms with E-state index in [1.807, 2.05) is 13.8 Å². The van der Waals surface area contributed by atoms with E-state index in [1.165, 1.54) is 12.1 Å². The minimum Gasteiger partial charge on any atom is -0.309 e. The fraction of sp³-hybridized carbons (Fsp3) is 0.190. The van der Waals surface area contributed by atoms with Gasteiger partial charge in [-0.1, -0.05) is 25.4 Å². The van der Waals surface area contributed by atoms with Crippen LogP contribution in [0.1, 0.15) is 24.2 Å². The van der Waals surface area contributed by atoms with Gasteiger partial charge in [0.1, 0.15) is 5.82 Å². The molecule has 0 radical (unpaired) electrons. The van der Waals surface area contributed by atoms with Crippen LogP contribution in [0, 0.1) is 23.4 Å². The van der Waals surface area contributed by atoms with Crippen molar-refractivity contribution in [1.82, 2.24) is 15.5 Å². The highest BCUT2D eigenvalue weighted by molar-refractivity contribution is 6.30. The number of guanidine groups is 1. The molecule has 0 atom stereocenters. The Balaban J connectivity index is 1.80. The maximum Gasteiger partial charge on any atom is 0.258 e. The van der Waals surface area contributed by atoms with E-state index in [2.05, 4.69) is 25.8 Å². The quantitative estimate of drug-likeness (QED) is 0.378. The highest BCUT2D eigenvalue weighted by Gasteiger charge is 2.14. The molecule has 3 aromatic rings. The number of carbonyl (C=O) groups is 1. The van der Waals surface area contributed by atoms with E-state index in [0.29, 0.717) is 23.6 Å². The van der Waals surface area contributed by atoms with E-state index in [4.69, 9.17) is 11.6 Å². The van der Waals surface area contributed by atoms with Crippen LogP contribution in [0.25, 0.3) is 11.3 Å². The Labute approximate surface area is 181 Å². The van der Waals surface area contributed by atoms with Crippen molar-refractivity contribution in [3.63, 3.8) is 0 Å². The minimum atomic E-state index is -1.13. The molecule has 10 heteroatoms. The third-order valence-corrected chi connectivity index (χ3v) is 4.24. The topological polar surface area (TPSA) is 82.2 Å². The second kappa shape index (κ2) is 9.65. The predicted molar refractivity (Wildman–Crippen MR) is 114 cm³/mol. The number of aliphatic imine (C=N–C) groups is 1. The summed E-state index contributed by atoms with van der Waals surface area (Å²) in [6, 6.07) is 8.46. The lowest BCUT2D eigenvalue weighted by Crippen LogP contribution is -2.36. The number of benzene rings is 2. The molecule has 1 amide bonds. The van der Waals surface area contributed by atoms with Crippen LogP contribution in [0.5, 0.6) is 0 Å². The highest BCUT2D eigenvalue weighted by Crippen LogP contribution is 2.24. The molecule has 0 aliphatic heterocycles. The summed E-state index contributed by atoms with van der Waals surface area (Å²) < 4.78 is 40.2. The maximum atomic E-state index is 13.6. The van der Waals surface area contributed by atoms with Gasteiger partial charge in [-0.2, -0.15) is 5.10 Å². The van der Waals surface area contributed by atoms with Crippen LogP contribution in [-0.2, 0) is 0 Å². The first-order valence-corrected chi connectivity index (χ1v) is 9.69. The lowest BCUT2D eigenvalue weighted by Gasteiger charge is -2.11. The summed E-state index contributed by atoms with van der Waals surface area (Å²) in [6.45, 7) is 4.27. The van der Waals surface area contributed by atoms with Gasteiger partial charge < -0.3 is 5.32 Å². The third-order valence-electron chi connectivity index (χ3n) is 4.03. The third kappa shape index (κ3) is 6.08. The molecule has 2 aromatic carbocycles. The predicted octanol–water partition coefficient (Wildman–Crippen LogP) is 5.00. The number of halogens is 4. The van der Waals surface area contributed by atoms with E-state index in [1.54, 1.807) is 12.1 Å². The van der Waals surface area contributed by atoms with Crippen molar-refractivity contribution in [3.8, 4) is 11.3 Å². The molecule has 6 nitrogen and oxygen atoms in total. The van der Waals surface area contributed by atoms with E-state index < -0.39 is 23.4 Å². The molecule has 0 unspecified atom stereocenters. The van der Waals surface area contributed by atoms with Crippen molar-refractivity contribution in [2.24, 2.45) is 10.9 Å². The van der Waals surface area contributed by atoms with Crippen molar-refractivity contribution < 1.29 is 18.0 Å². The number of hydrogen-bond donors (Lipinski definition) is 3. The van der Waals surface area contributed by atoms with Crippen LogP contribution >= 0.6 is 11.6 Å². The van der Waals surface area contributed by atoms with Crippen LogP contribution in [0.2, 0.25) is 5.02 Å². The molecule has 0 bridgehead atoms. The number of H-pyrrole nitrogens is 1. The first-order valence-electron chi connectivity index (χ1n) is 9.31. The summed E-state index contributed by atoms with van der Waals surface area (Å²) >= 11 is 5.89. The molecule has 1 aromatic heterocycles. The fourth-order valence-electron chi connectivity index (χ4n) is 2.57. The monoisotopic (exact) mass is 449 g/mol. The van der Waals surface area contributed by atoms with Gasteiger partial charge in [0.15, 0.2) is 17.5 Å². The number of hydrogen-bond acceptors (Lipinski definition) is 3. The van der Waals surface area contributed by atoms with Gasteiger partial charge in [-0.3, -0.25) is 20.2 Å². The molecule has 3 rings (SSSR count). The summed E-state index contributed by atoms with van der Waals surface area (Å²) in [7, 11) is 0.